The summed E-state index contributed by atoms with van der Waals surface area (Å²) < 4.78 is 34.6. The van der Waals surface area contributed by atoms with Crippen LogP contribution < -0.4 is 5.56 Å². The number of carbonyl (C=O) groups is 4. The maximum Gasteiger partial charge on any atom is 0.303 e. The predicted octanol–water partition coefficient (Wildman–Crippen LogP) is 0.217. The van der Waals surface area contributed by atoms with Gasteiger partial charge in [0.15, 0.2) is 34.3 Å². The molecule has 3 heterocycles. The Kier molecular flexibility index (Phi) is 9.34. The van der Waals surface area contributed by atoms with Gasteiger partial charge in [-0.05, 0) is 15.9 Å². The summed E-state index contributed by atoms with van der Waals surface area (Å²) in [6, 6.07) is 0. The molecule has 0 aliphatic carbocycles. The minimum Gasteiger partial charge on any atom is -0.463 e. The number of imidazole rings is 1. The van der Waals surface area contributed by atoms with Gasteiger partial charge in [0, 0.05) is 27.7 Å². The molecule has 0 aromatic carbocycles. The zero-order valence-corrected chi connectivity index (χ0v) is 22.0. The first kappa shape index (κ1) is 28.2. The van der Waals surface area contributed by atoms with Crippen molar-refractivity contribution >= 4 is 51.0 Å². The van der Waals surface area contributed by atoms with E-state index in [0.717, 1.165) is 4.57 Å². The van der Waals surface area contributed by atoms with Crippen molar-refractivity contribution in [3.63, 3.8) is 0 Å². The van der Waals surface area contributed by atoms with Crippen molar-refractivity contribution in [2.75, 3.05) is 19.8 Å². The highest BCUT2D eigenvalue weighted by molar-refractivity contribution is 9.10. The van der Waals surface area contributed by atoms with Gasteiger partial charge in [-0.2, -0.15) is 0 Å². The molecular formula is C21H25BrN4O11. The molecule has 2 aromatic heterocycles. The van der Waals surface area contributed by atoms with E-state index in [1.54, 1.807) is 0 Å². The zero-order chi connectivity index (χ0) is 27.3. The average Bonchev–Trinajstić information content (AvgIpc) is 3.29. The summed E-state index contributed by atoms with van der Waals surface area (Å²) in [4.78, 5) is 67.4. The van der Waals surface area contributed by atoms with Crippen molar-refractivity contribution in [2.24, 2.45) is 0 Å². The molecule has 0 bridgehead atoms. The molecule has 1 aliphatic rings. The number of ether oxygens (including phenoxy) is 6. The Labute approximate surface area is 218 Å². The van der Waals surface area contributed by atoms with Crippen LogP contribution in [0, 0.1) is 0 Å². The van der Waals surface area contributed by atoms with Crippen LogP contribution in [0.1, 0.15) is 33.9 Å². The predicted molar refractivity (Wildman–Crippen MR) is 124 cm³/mol. The molecule has 0 radical (unpaired) electrons. The summed E-state index contributed by atoms with van der Waals surface area (Å²) in [7, 11) is 0. The molecule has 1 aliphatic heterocycles. The number of nitrogens with zero attached hydrogens (tertiary/aromatic N) is 4. The van der Waals surface area contributed by atoms with Gasteiger partial charge in [-0.15, -0.1) is 0 Å². The minimum atomic E-state index is -1.19. The van der Waals surface area contributed by atoms with E-state index >= 15 is 0 Å². The van der Waals surface area contributed by atoms with E-state index in [-0.39, 0.29) is 42.4 Å². The molecule has 3 rings (SSSR count). The number of fused-ring (bicyclic) bond motifs is 1. The van der Waals surface area contributed by atoms with E-state index in [9.17, 15) is 24.0 Å². The van der Waals surface area contributed by atoms with E-state index < -0.39 is 54.0 Å². The fourth-order valence-electron chi connectivity index (χ4n) is 3.60. The second-order valence-electron chi connectivity index (χ2n) is 7.84. The second kappa shape index (κ2) is 12.2. The van der Waals surface area contributed by atoms with E-state index in [0.29, 0.717) is 0 Å². The third-order valence-corrected chi connectivity index (χ3v) is 5.54. The lowest BCUT2D eigenvalue weighted by Gasteiger charge is -2.24. The Hall–Kier alpha value is -3.37. The van der Waals surface area contributed by atoms with Gasteiger partial charge in [0.05, 0.1) is 6.61 Å². The van der Waals surface area contributed by atoms with Gasteiger partial charge < -0.3 is 28.4 Å². The number of carbonyl (C=O) groups excluding carboxylic acids is 4. The highest BCUT2D eigenvalue weighted by atomic mass is 79.9. The molecule has 202 valence electrons. The van der Waals surface area contributed by atoms with Crippen LogP contribution in [0.3, 0.4) is 0 Å². The van der Waals surface area contributed by atoms with Crippen LogP contribution in [-0.4, -0.2) is 81.1 Å². The maximum absolute atomic E-state index is 13.0. The van der Waals surface area contributed by atoms with E-state index in [1.807, 2.05) is 0 Å². The molecule has 0 saturated carbocycles. The molecule has 16 heteroatoms. The summed E-state index contributed by atoms with van der Waals surface area (Å²) in [6.45, 7) is 4.41. The van der Waals surface area contributed by atoms with Crippen LogP contribution in [0.25, 0.3) is 11.2 Å². The Morgan fingerprint density at radius 1 is 0.973 bits per heavy atom. The summed E-state index contributed by atoms with van der Waals surface area (Å²) >= 11 is 3.28. The van der Waals surface area contributed by atoms with Gasteiger partial charge in [-0.25, -0.2) is 9.97 Å². The quantitative estimate of drug-likeness (QED) is 0.159. The lowest BCUT2D eigenvalue weighted by molar-refractivity contribution is -0.166. The highest BCUT2D eigenvalue weighted by Crippen LogP contribution is 2.37. The number of aromatic nitrogens is 4. The highest BCUT2D eigenvalue weighted by Gasteiger charge is 2.51. The van der Waals surface area contributed by atoms with Gasteiger partial charge in [-0.3, -0.25) is 33.1 Å². The molecule has 2 aromatic rings. The molecule has 15 nitrogen and oxygen atoms in total. The van der Waals surface area contributed by atoms with Gasteiger partial charge >= 0.3 is 23.9 Å². The largest absolute Gasteiger partial charge is 0.463 e. The average molecular weight is 589 g/mol. The Balaban J connectivity index is 1.94. The Morgan fingerprint density at radius 2 is 1.62 bits per heavy atom. The molecule has 0 spiro atoms. The van der Waals surface area contributed by atoms with Crippen LogP contribution in [0.5, 0.6) is 0 Å². The molecule has 0 amide bonds. The second-order valence-corrected chi connectivity index (χ2v) is 8.55. The molecule has 0 N–H and O–H groups in total. The summed E-state index contributed by atoms with van der Waals surface area (Å²) in [5.74, 6) is -2.41. The van der Waals surface area contributed by atoms with Crippen LogP contribution in [0.4, 0.5) is 0 Å². The summed E-state index contributed by atoms with van der Waals surface area (Å²) in [6.07, 6.45) is -3.27. The number of halogens is 1. The molecular weight excluding hydrogens is 564 g/mol. The molecule has 0 unspecified atom stereocenters. The number of esters is 4. The van der Waals surface area contributed by atoms with Crippen molar-refractivity contribution in [1.82, 2.24) is 19.1 Å². The number of hydrogen-bond acceptors (Lipinski definition) is 13. The van der Waals surface area contributed by atoms with Crippen molar-refractivity contribution < 1.29 is 47.6 Å². The third kappa shape index (κ3) is 6.90. The first-order valence-corrected chi connectivity index (χ1v) is 11.8. The summed E-state index contributed by atoms with van der Waals surface area (Å²) in [5, 5.41) is 0. The van der Waals surface area contributed by atoms with Crippen LogP contribution in [-0.2, 0) is 54.3 Å². The molecule has 37 heavy (non-hydrogen) atoms. The Morgan fingerprint density at radius 3 is 2.24 bits per heavy atom. The first-order chi connectivity index (χ1) is 17.5. The van der Waals surface area contributed by atoms with Crippen molar-refractivity contribution in [2.45, 2.75) is 59.0 Å². The summed E-state index contributed by atoms with van der Waals surface area (Å²) in [5.41, 5.74) is -0.535. The lowest BCUT2D eigenvalue weighted by Crippen LogP contribution is -2.40. The fraction of sp³-hybridized carbons (Fsp3) is 0.571. The van der Waals surface area contributed by atoms with Gasteiger partial charge in [0.1, 0.15) is 32.4 Å². The van der Waals surface area contributed by atoms with Crippen molar-refractivity contribution in [3.8, 4) is 0 Å². The monoisotopic (exact) mass is 588 g/mol. The van der Waals surface area contributed by atoms with Crippen LogP contribution >= 0.6 is 15.9 Å². The van der Waals surface area contributed by atoms with E-state index in [2.05, 4.69) is 25.9 Å². The van der Waals surface area contributed by atoms with E-state index in [4.69, 9.17) is 28.4 Å². The number of hydrogen-bond donors (Lipinski definition) is 0. The lowest BCUT2D eigenvalue weighted by atomic mass is 10.1. The zero-order valence-electron chi connectivity index (χ0n) is 20.4. The SMILES string of the molecule is CC(=O)OCCOCn1cnc2c(nc(Br)n2[C@@H]2O[C@H](COC(C)=O)[C@@H](OC(C)=O)[C@H]2OC(C)=O)c1=O. The normalized spacial score (nSPS) is 21.0. The standard InChI is InChI=1S/C21H25BrN4O11/c1-10(27)33-6-5-32-9-25-8-23-18-15(19(25)31)24-21(22)26(18)20-17(36-13(4)30)16(35-12(3)29)14(37-20)7-34-11(2)28/h8,14,16-17,20H,5-7,9H2,1-4H3/t14-,16-,17-,20-/m1/s1. The van der Waals surface area contributed by atoms with Crippen LogP contribution in [0.15, 0.2) is 15.9 Å². The van der Waals surface area contributed by atoms with Gasteiger partial charge in [0.25, 0.3) is 5.56 Å². The number of rotatable bonds is 10. The first-order valence-electron chi connectivity index (χ1n) is 11.0. The van der Waals surface area contributed by atoms with Crippen molar-refractivity contribution in [3.05, 3.63) is 21.4 Å². The molecule has 1 saturated heterocycles. The maximum atomic E-state index is 13.0. The smallest absolute Gasteiger partial charge is 0.303 e. The van der Waals surface area contributed by atoms with Gasteiger partial charge in [-0.1, -0.05) is 0 Å². The molecule has 4 atom stereocenters. The van der Waals surface area contributed by atoms with E-state index in [1.165, 1.54) is 38.6 Å². The third-order valence-electron chi connectivity index (χ3n) is 4.98. The Bertz CT molecular complexity index is 1240. The topological polar surface area (TPSA) is 176 Å². The van der Waals surface area contributed by atoms with Crippen molar-refractivity contribution in [1.29, 1.82) is 0 Å². The fourth-order valence-corrected chi connectivity index (χ4v) is 4.15. The van der Waals surface area contributed by atoms with Gasteiger partial charge in [0.2, 0.25) is 0 Å². The minimum absolute atomic E-state index is 0.0223. The molecule has 1 fully saturated rings. The van der Waals surface area contributed by atoms with Crippen LogP contribution in [0.2, 0.25) is 0 Å².